The highest BCUT2D eigenvalue weighted by molar-refractivity contribution is 5.94. The van der Waals surface area contributed by atoms with Crippen molar-refractivity contribution >= 4 is 23.3 Å². The Morgan fingerprint density at radius 3 is 2.38 bits per heavy atom. The molecule has 2 aromatic rings. The third-order valence-electron chi connectivity index (χ3n) is 8.39. The van der Waals surface area contributed by atoms with Gasteiger partial charge >= 0.3 is 0 Å². The van der Waals surface area contributed by atoms with E-state index in [-0.39, 0.29) is 17.2 Å². The van der Waals surface area contributed by atoms with Gasteiger partial charge in [0.05, 0.1) is 0 Å². The predicted molar refractivity (Wildman–Crippen MR) is 119 cm³/mol. The van der Waals surface area contributed by atoms with E-state index in [4.69, 9.17) is 0 Å². The highest BCUT2D eigenvalue weighted by Crippen LogP contribution is 2.61. The van der Waals surface area contributed by atoms with E-state index in [0.717, 1.165) is 17.8 Å². The minimum atomic E-state index is -0.823. The van der Waals surface area contributed by atoms with Crippen LogP contribution < -0.4 is 5.32 Å². The Labute approximate surface area is 187 Å². The number of fused-ring (bicyclic) bond motifs is 1. The minimum Gasteiger partial charge on any atom is -0.337 e. The number of imidazole rings is 1. The largest absolute Gasteiger partial charge is 0.337 e. The van der Waals surface area contributed by atoms with E-state index in [0.29, 0.717) is 49.5 Å². The van der Waals surface area contributed by atoms with E-state index in [1.807, 2.05) is 18.2 Å². The second-order valence-electron chi connectivity index (χ2n) is 10.9. The number of anilines is 1. The Bertz CT molecular complexity index is 1020. The van der Waals surface area contributed by atoms with Crippen LogP contribution in [0.3, 0.4) is 0 Å². The maximum atomic E-state index is 13.4. The first-order valence-electron chi connectivity index (χ1n) is 12.2. The molecule has 4 bridgehead atoms. The lowest BCUT2D eigenvalue weighted by atomic mass is 9.49. The topological polar surface area (TPSA) is 66.7 Å². The molecule has 32 heavy (non-hydrogen) atoms. The van der Waals surface area contributed by atoms with Crippen molar-refractivity contribution in [3.05, 3.63) is 30.1 Å². The number of nitrogens with zero attached hydrogens (tertiary/aromatic N) is 3. The van der Waals surface area contributed by atoms with Gasteiger partial charge in [0.1, 0.15) is 23.3 Å². The molecule has 6 nitrogen and oxygen atoms in total. The number of aromatic nitrogens is 2. The number of hydrogen-bond acceptors (Lipinski definition) is 3. The molecule has 1 N–H and O–H groups in total. The second kappa shape index (κ2) is 7.56. The summed E-state index contributed by atoms with van der Waals surface area (Å²) in [5.41, 5.74) is 1.15. The average Bonchev–Trinajstić information content (AvgIpc) is 3.18. The Hall–Kier alpha value is -2.44. The third kappa shape index (κ3) is 3.59. The van der Waals surface area contributed by atoms with Crippen molar-refractivity contribution in [3.8, 4) is 0 Å². The summed E-state index contributed by atoms with van der Waals surface area (Å²) in [7, 11) is 0. The molecule has 0 radical (unpaired) electrons. The summed E-state index contributed by atoms with van der Waals surface area (Å²) < 4.78 is 15.2. The third-order valence-corrected chi connectivity index (χ3v) is 8.39. The van der Waals surface area contributed by atoms with Crippen LogP contribution in [-0.4, -0.2) is 45.4 Å². The molecule has 1 saturated heterocycles. The Morgan fingerprint density at radius 2 is 1.72 bits per heavy atom. The maximum absolute atomic E-state index is 13.4. The molecule has 0 spiro atoms. The average molecular weight is 439 g/mol. The number of alkyl halides is 1. The summed E-state index contributed by atoms with van der Waals surface area (Å²) in [6.45, 7) is 0.838. The molecule has 7 heteroatoms. The fraction of sp³-hybridized carbons (Fsp3) is 0.640. The van der Waals surface area contributed by atoms with E-state index < -0.39 is 6.17 Å². The number of carbonyl (C=O) groups excluding carboxylic acids is 2. The second-order valence-corrected chi connectivity index (χ2v) is 10.9. The van der Waals surface area contributed by atoms with E-state index in [1.165, 1.54) is 38.5 Å². The zero-order valence-electron chi connectivity index (χ0n) is 18.4. The monoisotopic (exact) mass is 438 g/mol. The predicted octanol–water partition coefficient (Wildman–Crippen LogP) is 4.45. The molecule has 0 unspecified atom stereocenters. The number of rotatable bonds is 4. The number of piperidine rings is 1. The number of hydrogen-bond donors (Lipinski definition) is 1. The summed E-state index contributed by atoms with van der Waals surface area (Å²) in [5.74, 6) is 3.00. The van der Waals surface area contributed by atoms with Crippen LogP contribution in [-0.2, 0) is 4.79 Å². The number of nitrogens with one attached hydrogen (secondary N) is 1. The van der Waals surface area contributed by atoms with Crippen LogP contribution in [0.1, 0.15) is 68.3 Å². The van der Waals surface area contributed by atoms with Crippen molar-refractivity contribution in [2.75, 3.05) is 18.4 Å². The smallest absolute Gasteiger partial charge is 0.274 e. The zero-order valence-corrected chi connectivity index (χ0v) is 18.4. The first kappa shape index (κ1) is 20.2. The molecule has 7 rings (SSSR count). The molecule has 0 aromatic carbocycles. The molecule has 2 amide bonds. The van der Waals surface area contributed by atoms with Gasteiger partial charge in [-0.25, -0.2) is 9.37 Å². The SMILES string of the molecule is O=C(CC12CC3CC(CC(C3)C1)C2)Nc1cccc2nc(C(=O)N3CCC(F)CC3)cn12. The van der Waals surface area contributed by atoms with E-state index >= 15 is 0 Å². The van der Waals surface area contributed by atoms with Crippen LogP contribution in [0.4, 0.5) is 10.2 Å². The van der Waals surface area contributed by atoms with Crippen LogP contribution in [0.25, 0.3) is 5.65 Å². The van der Waals surface area contributed by atoms with Gasteiger partial charge in [0.25, 0.3) is 5.91 Å². The molecule has 3 heterocycles. The highest BCUT2D eigenvalue weighted by Gasteiger charge is 2.51. The normalized spacial score (nSPS) is 31.9. The van der Waals surface area contributed by atoms with Gasteiger partial charge in [-0.3, -0.25) is 14.0 Å². The van der Waals surface area contributed by atoms with Crippen LogP contribution in [0.15, 0.2) is 24.4 Å². The van der Waals surface area contributed by atoms with Crippen LogP contribution in [0.2, 0.25) is 0 Å². The molecule has 5 fully saturated rings. The summed E-state index contributed by atoms with van der Waals surface area (Å²) >= 11 is 0. The van der Waals surface area contributed by atoms with Gasteiger partial charge in [-0.15, -0.1) is 0 Å². The maximum Gasteiger partial charge on any atom is 0.274 e. The van der Waals surface area contributed by atoms with Crippen LogP contribution in [0.5, 0.6) is 0 Å². The number of carbonyl (C=O) groups is 2. The lowest BCUT2D eigenvalue weighted by Crippen LogP contribution is -2.47. The first-order chi connectivity index (χ1) is 15.5. The minimum absolute atomic E-state index is 0.0612. The van der Waals surface area contributed by atoms with Gasteiger partial charge in [0.2, 0.25) is 5.91 Å². The Kier molecular flexibility index (Phi) is 4.77. The van der Waals surface area contributed by atoms with E-state index in [1.54, 1.807) is 15.5 Å². The van der Waals surface area contributed by atoms with Crippen molar-refractivity contribution < 1.29 is 14.0 Å². The standard InChI is InChI=1S/C25H31FN4O2/c26-19-4-6-29(7-5-19)24(32)20-15-30-21(27-20)2-1-3-22(30)28-23(31)14-25-11-16-8-17(12-25)10-18(9-16)13-25/h1-3,15-19H,4-14H2,(H,28,31). The van der Waals surface area contributed by atoms with Crippen molar-refractivity contribution in [1.82, 2.24) is 14.3 Å². The van der Waals surface area contributed by atoms with Crippen molar-refractivity contribution in [1.29, 1.82) is 0 Å². The van der Waals surface area contributed by atoms with Gasteiger partial charge in [-0.1, -0.05) is 6.07 Å². The van der Waals surface area contributed by atoms with E-state index in [2.05, 4.69) is 10.3 Å². The summed E-state index contributed by atoms with van der Waals surface area (Å²) in [6.07, 6.45) is 9.94. The Balaban J connectivity index is 1.18. The molecule has 2 aromatic heterocycles. The van der Waals surface area contributed by atoms with Gasteiger partial charge < -0.3 is 10.2 Å². The highest BCUT2D eigenvalue weighted by atomic mass is 19.1. The molecule has 5 aliphatic rings. The van der Waals surface area contributed by atoms with Crippen LogP contribution in [0, 0.1) is 23.2 Å². The number of likely N-dealkylation sites (tertiary alicyclic amines) is 1. The summed E-state index contributed by atoms with van der Waals surface area (Å²) in [6, 6.07) is 5.54. The van der Waals surface area contributed by atoms with Gasteiger partial charge in [0, 0.05) is 25.7 Å². The van der Waals surface area contributed by atoms with Gasteiger partial charge in [-0.05, 0) is 86.7 Å². The lowest BCUT2D eigenvalue weighted by Gasteiger charge is -2.56. The first-order valence-corrected chi connectivity index (χ1v) is 12.2. The number of amides is 2. The number of halogens is 1. The van der Waals surface area contributed by atoms with Crippen molar-refractivity contribution in [3.63, 3.8) is 0 Å². The van der Waals surface area contributed by atoms with Crippen molar-refractivity contribution in [2.24, 2.45) is 23.2 Å². The van der Waals surface area contributed by atoms with Gasteiger partial charge in [-0.2, -0.15) is 0 Å². The fourth-order valence-corrected chi connectivity index (χ4v) is 7.46. The van der Waals surface area contributed by atoms with Crippen LogP contribution >= 0.6 is 0 Å². The fourth-order valence-electron chi connectivity index (χ4n) is 7.46. The summed E-state index contributed by atoms with van der Waals surface area (Å²) in [4.78, 5) is 32.1. The van der Waals surface area contributed by atoms with E-state index in [9.17, 15) is 14.0 Å². The van der Waals surface area contributed by atoms with Gasteiger partial charge in [0.15, 0.2) is 0 Å². The molecule has 1 aliphatic heterocycles. The molecule has 0 atom stereocenters. The number of pyridine rings is 1. The quantitative estimate of drug-likeness (QED) is 0.767. The zero-order chi connectivity index (χ0) is 21.9. The van der Waals surface area contributed by atoms with Crippen molar-refractivity contribution in [2.45, 2.75) is 64.0 Å². The lowest BCUT2D eigenvalue weighted by molar-refractivity contribution is -0.124. The molecule has 170 valence electrons. The summed E-state index contributed by atoms with van der Waals surface area (Å²) in [5, 5.41) is 3.11. The molecular formula is C25H31FN4O2. The Morgan fingerprint density at radius 1 is 1.06 bits per heavy atom. The molecular weight excluding hydrogens is 407 g/mol. The molecule has 4 saturated carbocycles. The molecule has 4 aliphatic carbocycles.